The minimum atomic E-state index is -2.82. The largest absolute Gasteiger partial charge is 0.280 e. The van der Waals surface area contributed by atoms with Crippen molar-refractivity contribution in [1.82, 2.24) is 4.98 Å². The van der Waals surface area contributed by atoms with Crippen LogP contribution < -0.4 is 0 Å². The monoisotopic (exact) mass is 298 g/mol. The Morgan fingerprint density at radius 3 is 2.54 bits per heavy atom. The third-order valence-corrected chi connectivity index (χ3v) is 2.13. The van der Waals surface area contributed by atoms with E-state index in [2.05, 4.69) is 4.98 Å². The molecule has 0 N–H and O–H groups in total. The molecule has 0 aromatic carbocycles. The van der Waals surface area contributed by atoms with Crippen molar-refractivity contribution in [2.24, 2.45) is 0 Å². The summed E-state index contributed by atoms with van der Waals surface area (Å²) in [5.41, 5.74) is -0.953. The van der Waals surface area contributed by atoms with Gasteiger partial charge in [0.1, 0.15) is 17.3 Å². The number of hydrogen-bond acceptors (Lipinski definition) is 2. The van der Waals surface area contributed by atoms with Gasteiger partial charge in [-0.15, -0.1) is 0 Å². The minimum Gasteiger partial charge on any atom is -0.218 e. The Morgan fingerprint density at radius 1 is 1.54 bits per heavy atom. The summed E-state index contributed by atoms with van der Waals surface area (Å²) in [5.74, 6) is -1.15. The van der Waals surface area contributed by atoms with E-state index in [4.69, 9.17) is 5.26 Å². The first kappa shape index (κ1) is 10.2. The normalized spacial score (nSPS) is 10.2. The van der Waals surface area contributed by atoms with Crippen LogP contribution in [0.25, 0.3) is 0 Å². The summed E-state index contributed by atoms with van der Waals surface area (Å²) in [5, 5.41) is 8.41. The third-order valence-electron chi connectivity index (χ3n) is 1.28. The van der Waals surface area contributed by atoms with Gasteiger partial charge >= 0.3 is 0 Å². The summed E-state index contributed by atoms with van der Waals surface area (Å²) in [6, 6.07) is 2.53. The summed E-state index contributed by atoms with van der Waals surface area (Å²) >= 11 is 1.61. The predicted molar refractivity (Wildman–Crippen MR) is 46.6 cm³/mol. The summed E-state index contributed by atoms with van der Waals surface area (Å²) in [6.45, 7) is 0. The second-order valence-electron chi connectivity index (χ2n) is 2.11. The van der Waals surface area contributed by atoms with Crippen LogP contribution in [0.15, 0.2) is 6.07 Å². The highest BCUT2D eigenvalue weighted by molar-refractivity contribution is 14.1. The van der Waals surface area contributed by atoms with E-state index < -0.39 is 18.1 Å². The number of aromatic nitrogens is 1. The van der Waals surface area contributed by atoms with Crippen molar-refractivity contribution < 1.29 is 13.2 Å². The van der Waals surface area contributed by atoms with Gasteiger partial charge in [0.2, 0.25) is 5.95 Å². The van der Waals surface area contributed by atoms with E-state index >= 15 is 0 Å². The summed E-state index contributed by atoms with van der Waals surface area (Å²) in [7, 11) is 0. The number of halogens is 4. The molecule has 1 heterocycles. The van der Waals surface area contributed by atoms with E-state index in [-0.39, 0.29) is 9.13 Å². The molecule has 0 aliphatic carbocycles. The second-order valence-corrected chi connectivity index (χ2v) is 3.27. The molecule has 1 rings (SSSR count). The average Bonchev–Trinajstić information content (AvgIpc) is 2.03. The Balaban J connectivity index is 3.30. The van der Waals surface area contributed by atoms with Crippen LogP contribution in [-0.4, -0.2) is 4.98 Å². The van der Waals surface area contributed by atoms with Crippen LogP contribution in [-0.2, 0) is 0 Å². The molecule has 13 heavy (non-hydrogen) atoms. The van der Waals surface area contributed by atoms with Gasteiger partial charge in [-0.1, -0.05) is 0 Å². The van der Waals surface area contributed by atoms with Crippen molar-refractivity contribution in [3.05, 3.63) is 26.8 Å². The molecular formula is C7H2F3IN2. The van der Waals surface area contributed by atoms with Crippen LogP contribution in [0.1, 0.15) is 17.7 Å². The van der Waals surface area contributed by atoms with Crippen molar-refractivity contribution in [2.45, 2.75) is 6.43 Å². The molecule has 68 valence electrons. The van der Waals surface area contributed by atoms with E-state index in [1.54, 1.807) is 22.6 Å². The van der Waals surface area contributed by atoms with Gasteiger partial charge in [-0.25, -0.2) is 13.8 Å². The van der Waals surface area contributed by atoms with Crippen LogP contribution >= 0.6 is 22.6 Å². The van der Waals surface area contributed by atoms with Crippen molar-refractivity contribution >= 4 is 22.6 Å². The number of nitriles is 1. The number of hydrogen-bond donors (Lipinski definition) is 0. The lowest BCUT2D eigenvalue weighted by Gasteiger charge is -2.01. The number of nitrogens with zero attached hydrogens (tertiary/aromatic N) is 2. The molecule has 0 amide bonds. The molecule has 0 saturated carbocycles. The van der Waals surface area contributed by atoms with Crippen molar-refractivity contribution in [1.29, 1.82) is 5.26 Å². The van der Waals surface area contributed by atoms with Crippen LogP contribution in [0.5, 0.6) is 0 Å². The molecule has 1 aromatic heterocycles. The van der Waals surface area contributed by atoms with Gasteiger partial charge < -0.3 is 0 Å². The maximum absolute atomic E-state index is 12.8. The first-order chi connectivity index (χ1) is 6.06. The standard InChI is InChI=1S/C7H2F3IN2/c8-6(9)5-1-4(11)3(2-12)7(10)13-5/h1,6H. The number of rotatable bonds is 1. The lowest BCUT2D eigenvalue weighted by molar-refractivity contribution is 0.144. The number of pyridine rings is 1. The zero-order chi connectivity index (χ0) is 10.0. The molecule has 0 aliphatic rings. The highest BCUT2D eigenvalue weighted by Gasteiger charge is 2.15. The van der Waals surface area contributed by atoms with Crippen molar-refractivity contribution in [2.75, 3.05) is 0 Å². The van der Waals surface area contributed by atoms with E-state index in [0.29, 0.717) is 0 Å². The van der Waals surface area contributed by atoms with Gasteiger partial charge in [0.15, 0.2) is 0 Å². The van der Waals surface area contributed by atoms with Gasteiger partial charge in [-0.2, -0.15) is 9.65 Å². The number of alkyl halides is 2. The average molecular weight is 298 g/mol. The second kappa shape index (κ2) is 3.91. The first-order valence-electron chi connectivity index (χ1n) is 3.10. The maximum atomic E-state index is 12.8. The van der Waals surface area contributed by atoms with Gasteiger partial charge in [0.05, 0.1) is 0 Å². The minimum absolute atomic E-state index is 0.142. The molecule has 0 spiro atoms. The van der Waals surface area contributed by atoms with Gasteiger partial charge in [-0.3, -0.25) is 0 Å². The van der Waals surface area contributed by atoms with Gasteiger partial charge in [0.25, 0.3) is 6.43 Å². The lowest BCUT2D eigenvalue weighted by Crippen LogP contribution is -1.99. The maximum Gasteiger partial charge on any atom is 0.280 e. The Labute approximate surface area is 85.5 Å². The molecule has 1 aromatic rings. The fourth-order valence-corrected chi connectivity index (χ4v) is 1.38. The van der Waals surface area contributed by atoms with Crippen molar-refractivity contribution in [3.63, 3.8) is 0 Å². The molecule has 0 fully saturated rings. The summed E-state index contributed by atoms with van der Waals surface area (Å²) < 4.78 is 37.0. The molecule has 0 atom stereocenters. The fourth-order valence-electron chi connectivity index (χ4n) is 0.713. The highest BCUT2D eigenvalue weighted by atomic mass is 127. The zero-order valence-corrected chi connectivity index (χ0v) is 8.22. The molecule has 0 radical (unpaired) electrons. The zero-order valence-electron chi connectivity index (χ0n) is 6.06. The molecule has 6 heteroatoms. The SMILES string of the molecule is N#Cc1c(I)cc(C(F)F)nc1F. The predicted octanol–water partition coefficient (Wildman–Crippen LogP) is 2.63. The molecular weight excluding hydrogens is 296 g/mol. The Morgan fingerprint density at radius 2 is 2.15 bits per heavy atom. The first-order valence-corrected chi connectivity index (χ1v) is 4.18. The van der Waals surface area contributed by atoms with E-state index in [9.17, 15) is 13.2 Å². The van der Waals surface area contributed by atoms with E-state index in [0.717, 1.165) is 6.07 Å². The molecule has 0 bridgehead atoms. The van der Waals surface area contributed by atoms with E-state index in [1.807, 2.05) is 0 Å². The van der Waals surface area contributed by atoms with Gasteiger partial charge in [0, 0.05) is 3.57 Å². The topological polar surface area (TPSA) is 36.7 Å². The lowest BCUT2D eigenvalue weighted by atomic mass is 10.2. The third kappa shape index (κ3) is 2.09. The fraction of sp³-hybridized carbons (Fsp3) is 0.143. The quantitative estimate of drug-likeness (QED) is 0.590. The van der Waals surface area contributed by atoms with Crippen LogP contribution in [0.3, 0.4) is 0 Å². The molecule has 0 saturated heterocycles. The summed E-state index contributed by atoms with van der Waals surface area (Å²) in [6.07, 6.45) is -2.82. The van der Waals surface area contributed by atoms with Crippen LogP contribution in [0.2, 0.25) is 0 Å². The van der Waals surface area contributed by atoms with Crippen molar-refractivity contribution in [3.8, 4) is 6.07 Å². The van der Waals surface area contributed by atoms with E-state index in [1.165, 1.54) is 6.07 Å². The molecule has 2 nitrogen and oxygen atoms in total. The molecule has 0 unspecified atom stereocenters. The summed E-state index contributed by atoms with van der Waals surface area (Å²) in [4.78, 5) is 2.96. The van der Waals surface area contributed by atoms with Crippen LogP contribution in [0.4, 0.5) is 13.2 Å². The van der Waals surface area contributed by atoms with Crippen LogP contribution in [0, 0.1) is 20.8 Å². The Kier molecular flexibility index (Phi) is 3.08. The van der Waals surface area contributed by atoms with Gasteiger partial charge in [-0.05, 0) is 28.7 Å². The Hall–Kier alpha value is -0.840. The smallest absolute Gasteiger partial charge is 0.218 e. The highest BCUT2D eigenvalue weighted by Crippen LogP contribution is 2.21. The Bertz CT molecular complexity index is 349. The molecule has 0 aliphatic heterocycles.